The van der Waals surface area contributed by atoms with Gasteiger partial charge >= 0.3 is 5.97 Å². The molecule has 1 aromatic heterocycles. The molecule has 2 rings (SSSR count). The first-order valence-electron chi connectivity index (χ1n) is 5.75. The van der Waals surface area contributed by atoms with Gasteiger partial charge in [0.25, 0.3) is 0 Å². The van der Waals surface area contributed by atoms with Crippen molar-refractivity contribution in [1.82, 2.24) is 4.98 Å². The Hall–Kier alpha value is -1.61. The standard InChI is InChI=1S/C14H14ClNO2/c1-8-5-10(3-4-13(17)18)7-11-12(15)6-9(2)16-14(8)11/h5-7H,3-4H2,1-2H3,(H,17,18). The number of hydrogen-bond acceptors (Lipinski definition) is 2. The number of hydrogen-bond donors (Lipinski definition) is 1. The van der Waals surface area contributed by atoms with E-state index < -0.39 is 5.97 Å². The highest BCUT2D eigenvalue weighted by Crippen LogP contribution is 2.27. The molecule has 0 spiro atoms. The van der Waals surface area contributed by atoms with Crippen LogP contribution in [0.25, 0.3) is 10.9 Å². The Bertz CT molecular complexity index is 623. The summed E-state index contributed by atoms with van der Waals surface area (Å²) in [6, 6.07) is 5.73. The van der Waals surface area contributed by atoms with E-state index in [0.717, 1.165) is 27.7 Å². The zero-order valence-corrected chi connectivity index (χ0v) is 11.1. The lowest BCUT2D eigenvalue weighted by atomic mass is 10.0. The third kappa shape index (κ3) is 2.62. The van der Waals surface area contributed by atoms with E-state index in [1.807, 2.05) is 32.0 Å². The van der Waals surface area contributed by atoms with E-state index in [1.165, 1.54) is 0 Å². The maximum absolute atomic E-state index is 10.6. The number of nitrogens with zero attached hydrogens (tertiary/aromatic N) is 1. The molecule has 1 heterocycles. The van der Waals surface area contributed by atoms with Gasteiger partial charge in [-0.3, -0.25) is 9.78 Å². The minimum Gasteiger partial charge on any atom is -0.481 e. The van der Waals surface area contributed by atoms with Gasteiger partial charge in [-0.25, -0.2) is 0 Å². The van der Waals surface area contributed by atoms with Gasteiger partial charge in [-0.15, -0.1) is 0 Å². The normalized spacial score (nSPS) is 10.8. The smallest absolute Gasteiger partial charge is 0.303 e. The fourth-order valence-corrected chi connectivity index (χ4v) is 2.35. The van der Waals surface area contributed by atoms with Crippen LogP contribution < -0.4 is 0 Å². The van der Waals surface area contributed by atoms with Crippen molar-refractivity contribution in [3.05, 3.63) is 40.0 Å². The van der Waals surface area contributed by atoms with Crippen LogP contribution in [-0.4, -0.2) is 16.1 Å². The van der Waals surface area contributed by atoms with Crippen molar-refractivity contribution >= 4 is 28.5 Å². The summed E-state index contributed by atoms with van der Waals surface area (Å²) in [6.07, 6.45) is 0.637. The molecule has 0 aliphatic heterocycles. The van der Waals surface area contributed by atoms with Gasteiger partial charge in [-0.1, -0.05) is 17.7 Å². The average Bonchev–Trinajstić information content (AvgIpc) is 2.28. The molecule has 0 radical (unpaired) electrons. The third-order valence-corrected chi connectivity index (χ3v) is 3.18. The van der Waals surface area contributed by atoms with Crippen molar-refractivity contribution in [3.63, 3.8) is 0 Å². The molecule has 1 N–H and O–H groups in total. The minimum absolute atomic E-state index is 0.127. The number of fused-ring (bicyclic) bond motifs is 1. The summed E-state index contributed by atoms with van der Waals surface area (Å²) in [5, 5.41) is 10.3. The zero-order valence-electron chi connectivity index (χ0n) is 10.3. The molecule has 18 heavy (non-hydrogen) atoms. The van der Waals surface area contributed by atoms with Gasteiger partial charge in [-0.2, -0.15) is 0 Å². The Balaban J connectivity index is 2.51. The van der Waals surface area contributed by atoms with E-state index in [2.05, 4.69) is 4.98 Å². The van der Waals surface area contributed by atoms with E-state index in [1.54, 1.807) is 0 Å². The fourth-order valence-electron chi connectivity index (χ4n) is 2.05. The van der Waals surface area contributed by atoms with Crippen molar-refractivity contribution in [2.75, 3.05) is 0 Å². The molecule has 0 atom stereocenters. The SMILES string of the molecule is Cc1cc(Cl)c2cc(CCC(=O)O)cc(C)c2n1. The number of carbonyl (C=O) groups is 1. The lowest BCUT2D eigenvalue weighted by Crippen LogP contribution is -1.98. The Morgan fingerprint density at radius 3 is 2.72 bits per heavy atom. The minimum atomic E-state index is -0.791. The first kappa shape index (κ1) is 12.8. The summed E-state index contributed by atoms with van der Waals surface area (Å²) in [4.78, 5) is 15.1. The molecule has 0 fully saturated rings. The lowest BCUT2D eigenvalue weighted by Gasteiger charge is -2.08. The number of aromatic nitrogens is 1. The molecule has 0 saturated heterocycles. The Morgan fingerprint density at radius 2 is 2.06 bits per heavy atom. The monoisotopic (exact) mass is 263 g/mol. The molecule has 0 unspecified atom stereocenters. The highest BCUT2D eigenvalue weighted by molar-refractivity contribution is 6.35. The molecule has 0 bridgehead atoms. The summed E-state index contributed by atoms with van der Waals surface area (Å²) >= 11 is 6.21. The average molecular weight is 264 g/mol. The van der Waals surface area contributed by atoms with Crippen LogP contribution in [0, 0.1) is 13.8 Å². The predicted molar refractivity (Wildman–Crippen MR) is 72.2 cm³/mol. The molecule has 0 aliphatic rings. The quantitative estimate of drug-likeness (QED) is 0.922. The summed E-state index contributed by atoms with van der Waals surface area (Å²) in [5.74, 6) is -0.791. The van der Waals surface area contributed by atoms with Crippen LogP contribution in [0.5, 0.6) is 0 Å². The van der Waals surface area contributed by atoms with Crippen LogP contribution in [0.1, 0.15) is 23.2 Å². The number of rotatable bonds is 3. The van der Waals surface area contributed by atoms with E-state index in [4.69, 9.17) is 16.7 Å². The topological polar surface area (TPSA) is 50.2 Å². The van der Waals surface area contributed by atoms with E-state index in [0.29, 0.717) is 11.4 Å². The van der Waals surface area contributed by atoms with Gasteiger partial charge in [0.05, 0.1) is 10.5 Å². The second-order valence-electron chi connectivity index (χ2n) is 4.45. The summed E-state index contributed by atoms with van der Waals surface area (Å²) in [6.45, 7) is 3.87. The van der Waals surface area contributed by atoms with Crippen molar-refractivity contribution in [3.8, 4) is 0 Å². The number of aliphatic carboxylic acids is 1. The lowest BCUT2D eigenvalue weighted by molar-refractivity contribution is -0.136. The second-order valence-corrected chi connectivity index (χ2v) is 4.86. The molecule has 0 amide bonds. The van der Waals surface area contributed by atoms with Gasteiger partial charge in [0.2, 0.25) is 0 Å². The predicted octanol–water partition coefficient (Wildman–Crippen LogP) is 3.52. The third-order valence-electron chi connectivity index (χ3n) is 2.87. The van der Waals surface area contributed by atoms with Crippen molar-refractivity contribution in [2.24, 2.45) is 0 Å². The van der Waals surface area contributed by atoms with Gasteiger partial charge < -0.3 is 5.11 Å². The number of carboxylic acids is 1. The van der Waals surface area contributed by atoms with Crippen LogP contribution in [0.2, 0.25) is 5.02 Å². The zero-order chi connectivity index (χ0) is 13.3. The second kappa shape index (κ2) is 4.94. The van der Waals surface area contributed by atoms with Crippen molar-refractivity contribution in [2.45, 2.75) is 26.7 Å². The first-order valence-corrected chi connectivity index (χ1v) is 6.13. The fraction of sp³-hybridized carbons (Fsp3) is 0.286. The number of aryl methyl sites for hydroxylation is 3. The Kier molecular flexibility index (Phi) is 3.53. The van der Waals surface area contributed by atoms with Gasteiger partial charge in [0, 0.05) is 17.5 Å². The molecule has 3 nitrogen and oxygen atoms in total. The summed E-state index contributed by atoms with van der Waals surface area (Å²) in [7, 11) is 0. The van der Waals surface area contributed by atoms with Crippen LogP contribution >= 0.6 is 11.6 Å². The summed E-state index contributed by atoms with van der Waals surface area (Å²) in [5.41, 5.74) is 3.78. The van der Waals surface area contributed by atoms with E-state index >= 15 is 0 Å². The number of carboxylic acid groups (broad SMARTS) is 1. The largest absolute Gasteiger partial charge is 0.481 e. The van der Waals surface area contributed by atoms with Crippen LogP contribution in [0.3, 0.4) is 0 Å². The van der Waals surface area contributed by atoms with Crippen LogP contribution in [0.4, 0.5) is 0 Å². The van der Waals surface area contributed by atoms with Crippen LogP contribution in [0.15, 0.2) is 18.2 Å². The number of pyridine rings is 1. The summed E-state index contributed by atoms with van der Waals surface area (Å²) < 4.78 is 0. The van der Waals surface area contributed by atoms with Crippen molar-refractivity contribution < 1.29 is 9.90 Å². The molecular formula is C14H14ClNO2. The van der Waals surface area contributed by atoms with Gasteiger partial charge in [-0.05, 0) is 43.5 Å². The van der Waals surface area contributed by atoms with E-state index in [9.17, 15) is 4.79 Å². The van der Waals surface area contributed by atoms with E-state index in [-0.39, 0.29) is 6.42 Å². The van der Waals surface area contributed by atoms with Gasteiger partial charge in [0.15, 0.2) is 0 Å². The molecule has 94 valence electrons. The highest BCUT2D eigenvalue weighted by Gasteiger charge is 2.08. The number of benzene rings is 1. The van der Waals surface area contributed by atoms with Crippen molar-refractivity contribution in [1.29, 1.82) is 0 Å². The maximum Gasteiger partial charge on any atom is 0.303 e. The van der Waals surface area contributed by atoms with Gasteiger partial charge in [0.1, 0.15) is 0 Å². The maximum atomic E-state index is 10.6. The Labute approximate surface area is 110 Å². The molecule has 0 saturated carbocycles. The Morgan fingerprint density at radius 1 is 1.33 bits per heavy atom. The molecule has 0 aliphatic carbocycles. The first-order chi connectivity index (χ1) is 8.47. The number of halogens is 1. The molecule has 4 heteroatoms. The van der Waals surface area contributed by atoms with Crippen LogP contribution in [-0.2, 0) is 11.2 Å². The molecule has 2 aromatic rings. The highest BCUT2D eigenvalue weighted by atomic mass is 35.5. The molecule has 1 aromatic carbocycles. The molecular weight excluding hydrogens is 250 g/mol.